The van der Waals surface area contributed by atoms with Gasteiger partial charge in [0.2, 0.25) is 0 Å². The zero-order valence-electron chi connectivity index (χ0n) is 13.5. The van der Waals surface area contributed by atoms with Crippen molar-refractivity contribution in [1.82, 2.24) is 5.01 Å². The summed E-state index contributed by atoms with van der Waals surface area (Å²) < 4.78 is 11.2. The zero-order valence-corrected chi connectivity index (χ0v) is 13.5. The zero-order chi connectivity index (χ0) is 15.9. The largest absolute Gasteiger partial charge is 0.490 e. The molecule has 0 unspecified atom stereocenters. The van der Waals surface area contributed by atoms with Crippen molar-refractivity contribution in [3.8, 4) is 5.75 Å². The number of hydrogen-bond acceptors (Lipinski definition) is 5. The first-order chi connectivity index (χ1) is 10.6. The molecule has 0 atom stereocenters. The van der Waals surface area contributed by atoms with Gasteiger partial charge in [-0.25, -0.2) is 5.84 Å². The summed E-state index contributed by atoms with van der Waals surface area (Å²) in [5.74, 6) is 6.71. The maximum absolute atomic E-state index is 6.20. The Morgan fingerprint density at radius 1 is 1.18 bits per heavy atom. The fourth-order valence-electron chi connectivity index (χ4n) is 2.76. The molecular formula is C17H27N3O2. The van der Waals surface area contributed by atoms with E-state index in [4.69, 9.17) is 21.1 Å². The smallest absolute Gasteiger partial charge is 0.119 e. The SMILES string of the molecule is COC/C(=C(/N)c1ccc(OC2CCCCC2)cc1)N(C)N. The average molecular weight is 305 g/mol. The Morgan fingerprint density at radius 3 is 2.36 bits per heavy atom. The van der Waals surface area contributed by atoms with E-state index in [1.54, 1.807) is 14.2 Å². The van der Waals surface area contributed by atoms with E-state index in [2.05, 4.69) is 0 Å². The molecule has 5 heteroatoms. The van der Waals surface area contributed by atoms with Crippen LogP contribution in [0.3, 0.4) is 0 Å². The minimum atomic E-state index is 0.353. The van der Waals surface area contributed by atoms with Crippen LogP contribution in [0.2, 0.25) is 0 Å². The van der Waals surface area contributed by atoms with Gasteiger partial charge in [-0.05, 0) is 55.5 Å². The Hall–Kier alpha value is -1.72. The molecule has 0 heterocycles. The molecule has 0 saturated heterocycles. The lowest BCUT2D eigenvalue weighted by atomic mass is 9.98. The van der Waals surface area contributed by atoms with E-state index in [9.17, 15) is 0 Å². The number of hydrazine groups is 1. The monoisotopic (exact) mass is 305 g/mol. The van der Waals surface area contributed by atoms with Crippen LogP contribution >= 0.6 is 0 Å². The van der Waals surface area contributed by atoms with Crippen molar-refractivity contribution in [2.24, 2.45) is 11.6 Å². The van der Waals surface area contributed by atoms with E-state index in [0.29, 0.717) is 18.4 Å². The molecule has 1 fully saturated rings. The summed E-state index contributed by atoms with van der Waals surface area (Å²) >= 11 is 0. The van der Waals surface area contributed by atoms with Crippen molar-refractivity contribution < 1.29 is 9.47 Å². The van der Waals surface area contributed by atoms with Crippen LogP contribution in [0, 0.1) is 0 Å². The minimum Gasteiger partial charge on any atom is -0.490 e. The normalized spacial score (nSPS) is 17.0. The third kappa shape index (κ3) is 4.39. The first-order valence-electron chi connectivity index (χ1n) is 7.85. The number of benzene rings is 1. The minimum absolute atomic E-state index is 0.353. The van der Waals surface area contributed by atoms with Crippen LogP contribution in [0.5, 0.6) is 5.75 Å². The highest BCUT2D eigenvalue weighted by Crippen LogP contribution is 2.24. The molecule has 1 aromatic rings. The maximum atomic E-state index is 6.20. The first kappa shape index (κ1) is 16.6. The van der Waals surface area contributed by atoms with Gasteiger partial charge in [0.05, 0.1) is 24.1 Å². The predicted octanol–water partition coefficient (Wildman–Crippen LogP) is 2.48. The second-order valence-corrected chi connectivity index (χ2v) is 5.81. The highest BCUT2D eigenvalue weighted by molar-refractivity contribution is 5.66. The molecule has 0 bridgehead atoms. The van der Waals surface area contributed by atoms with Crippen LogP contribution < -0.4 is 16.3 Å². The molecule has 5 nitrogen and oxygen atoms in total. The molecule has 122 valence electrons. The summed E-state index contributed by atoms with van der Waals surface area (Å²) in [6.45, 7) is 0.374. The summed E-state index contributed by atoms with van der Waals surface area (Å²) in [6, 6.07) is 7.87. The van der Waals surface area contributed by atoms with Crippen LogP contribution in [-0.4, -0.2) is 31.9 Å². The molecule has 0 spiro atoms. The lowest BCUT2D eigenvalue weighted by molar-refractivity contribution is 0.155. The van der Waals surface area contributed by atoms with Crippen LogP contribution in [0.4, 0.5) is 0 Å². The van der Waals surface area contributed by atoms with Crippen LogP contribution in [-0.2, 0) is 4.74 Å². The molecule has 2 rings (SSSR count). The molecule has 4 N–H and O–H groups in total. The Bertz CT molecular complexity index is 491. The van der Waals surface area contributed by atoms with Crippen molar-refractivity contribution in [1.29, 1.82) is 0 Å². The summed E-state index contributed by atoms with van der Waals surface area (Å²) in [6.07, 6.45) is 6.52. The van der Waals surface area contributed by atoms with E-state index in [0.717, 1.165) is 29.9 Å². The lowest BCUT2D eigenvalue weighted by Crippen LogP contribution is -2.30. The van der Waals surface area contributed by atoms with E-state index >= 15 is 0 Å². The highest BCUT2D eigenvalue weighted by atomic mass is 16.5. The Kier molecular flexibility index (Phi) is 6.10. The summed E-state index contributed by atoms with van der Waals surface area (Å²) in [5.41, 5.74) is 8.49. The molecule has 1 aliphatic rings. The van der Waals surface area contributed by atoms with Gasteiger partial charge in [0.1, 0.15) is 5.75 Å². The molecule has 22 heavy (non-hydrogen) atoms. The molecule has 1 aromatic carbocycles. The fourth-order valence-corrected chi connectivity index (χ4v) is 2.76. The Morgan fingerprint density at radius 2 is 1.82 bits per heavy atom. The van der Waals surface area contributed by atoms with E-state index in [-0.39, 0.29) is 0 Å². The standard InChI is InChI=1S/C17H27N3O2/c1-20(19)16(12-21-2)17(18)13-8-10-15(11-9-13)22-14-6-4-3-5-7-14/h8-11,14H,3-7,12,18-19H2,1-2H3/b17-16-. The molecule has 0 aliphatic heterocycles. The van der Waals surface area contributed by atoms with Gasteiger partial charge < -0.3 is 20.2 Å². The van der Waals surface area contributed by atoms with Crippen LogP contribution in [0.15, 0.2) is 30.0 Å². The predicted molar refractivity (Wildman–Crippen MR) is 88.9 cm³/mol. The van der Waals surface area contributed by atoms with Crippen molar-refractivity contribution in [3.63, 3.8) is 0 Å². The van der Waals surface area contributed by atoms with Gasteiger partial charge in [-0.1, -0.05) is 6.42 Å². The van der Waals surface area contributed by atoms with Gasteiger partial charge in [-0.2, -0.15) is 0 Å². The molecule has 0 amide bonds. The van der Waals surface area contributed by atoms with E-state index < -0.39 is 0 Å². The lowest BCUT2D eigenvalue weighted by Gasteiger charge is -2.23. The van der Waals surface area contributed by atoms with Crippen LogP contribution in [0.1, 0.15) is 37.7 Å². The van der Waals surface area contributed by atoms with E-state index in [1.165, 1.54) is 24.3 Å². The van der Waals surface area contributed by atoms with Crippen molar-refractivity contribution in [2.45, 2.75) is 38.2 Å². The van der Waals surface area contributed by atoms with Crippen molar-refractivity contribution in [2.75, 3.05) is 20.8 Å². The van der Waals surface area contributed by atoms with Crippen LogP contribution in [0.25, 0.3) is 5.70 Å². The molecule has 1 aliphatic carbocycles. The van der Waals surface area contributed by atoms with Gasteiger partial charge in [0.25, 0.3) is 0 Å². The van der Waals surface area contributed by atoms with E-state index in [1.807, 2.05) is 24.3 Å². The highest BCUT2D eigenvalue weighted by Gasteiger charge is 2.15. The number of nitrogens with two attached hydrogens (primary N) is 2. The fraction of sp³-hybridized carbons (Fsp3) is 0.529. The van der Waals surface area contributed by atoms with Gasteiger partial charge in [-0.15, -0.1) is 0 Å². The number of likely N-dealkylation sites (N-methyl/N-ethyl adjacent to an activating group) is 1. The number of methoxy groups -OCH3 is 1. The van der Waals surface area contributed by atoms with Crippen molar-refractivity contribution >= 4 is 5.70 Å². The molecule has 0 radical (unpaired) electrons. The number of ether oxygens (including phenoxy) is 2. The molecule has 0 aromatic heterocycles. The summed E-state index contributed by atoms with van der Waals surface area (Å²) in [5, 5.41) is 1.49. The average Bonchev–Trinajstić information content (AvgIpc) is 2.53. The first-order valence-corrected chi connectivity index (χ1v) is 7.85. The molecular weight excluding hydrogens is 278 g/mol. The summed E-state index contributed by atoms with van der Waals surface area (Å²) in [4.78, 5) is 0. The quantitative estimate of drug-likeness (QED) is 0.624. The Balaban J connectivity index is 2.08. The van der Waals surface area contributed by atoms with Gasteiger partial charge in [-0.3, -0.25) is 0 Å². The van der Waals surface area contributed by atoms with Crippen molar-refractivity contribution in [3.05, 3.63) is 35.5 Å². The topological polar surface area (TPSA) is 73.7 Å². The van der Waals surface area contributed by atoms with Gasteiger partial charge in [0.15, 0.2) is 0 Å². The van der Waals surface area contributed by atoms with Gasteiger partial charge in [0, 0.05) is 14.2 Å². The number of rotatable bonds is 6. The molecule has 1 saturated carbocycles. The van der Waals surface area contributed by atoms with Gasteiger partial charge >= 0.3 is 0 Å². The third-order valence-corrected chi connectivity index (χ3v) is 4.04. The Labute approximate surface area is 132 Å². The summed E-state index contributed by atoms with van der Waals surface area (Å²) in [7, 11) is 3.37. The second-order valence-electron chi connectivity index (χ2n) is 5.81. The third-order valence-electron chi connectivity index (χ3n) is 4.04. The second kappa shape index (κ2) is 8.06. The number of hydrogen-bond donors (Lipinski definition) is 2. The maximum Gasteiger partial charge on any atom is 0.119 e. The number of nitrogens with zero attached hydrogens (tertiary/aromatic N) is 1.